The molecule has 0 N–H and O–H groups in total. The van der Waals surface area contributed by atoms with E-state index in [4.69, 9.17) is 0 Å². The topological polar surface area (TPSA) is 87.7 Å². The maximum Gasteiger partial charge on any atom is 0.243 e. The van der Waals surface area contributed by atoms with Crippen molar-refractivity contribution in [2.75, 3.05) is 31.9 Å². The van der Waals surface area contributed by atoms with Crippen molar-refractivity contribution >= 4 is 55.0 Å². The summed E-state index contributed by atoms with van der Waals surface area (Å²) in [7, 11) is -3.65. The average Bonchev–Trinajstić information content (AvgIpc) is 3.20. The van der Waals surface area contributed by atoms with Gasteiger partial charge >= 0.3 is 0 Å². The van der Waals surface area contributed by atoms with Crippen LogP contribution in [0.5, 0.6) is 0 Å². The maximum atomic E-state index is 12.9. The van der Waals surface area contributed by atoms with Gasteiger partial charge in [-0.25, -0.2) is 13.4 Å². The molecule has 162 valence electrons. The van der Waals surface area contributed by atoms with Crippen molar-refractivity contribution in [3.8, 4) is 0 Å². The number of nitrogens with zero attached hydrogens (tertiary/aromatic N) is 3. The summed E-state index contributed by atoms with van der Waals surface area (Å²) in [5.74, 6) is 0.144. The fourth-order valence-electron chi connectivity index (χ4n) is 3.32. The number of sulfonamides is 1. The third-order valence-electron chi connectivity index (χ3n) is 5.08. The normalized spacial score (nSPS) is 15.3. The third-order valence-corrected chi connectivity index (χ3v) is 9.16. The second-order valence-electron chi connectivity index (χ2n) is 7.10. The van der Waals surface area contributed by atoms with Crippen LogP contribution in [0, 0.1) is 0 Å². The molecule has 10 heteroatoms. The van der Waals surface area contributed by atoms with Crippen LogP contribution in [0.25, 0.3) is 10.2 Å². The lowest BCUT2D eigenvalue weighted by Gasteiger charge is -2.34. The quantitative estimate of drug-likeness (QED) is 0.402. The number of thioether (sulfide) groups is 1. The molecule has 1 fully saturated rings. The van der Waals surface area contributed by atoms with E-state index in [2.05, 4.69) is 4.98 Å². The first kappa shape index (κ1) is 21.9. The highest BCUT2D eigenvalue weighted by Crippen LogP contribution is 2.29. The number of aromatic nitrogens is 1. The molecule has 2 heterocycles. The molecular weight excluding hydrogens is 454 g/mol. The summed E-state index contributed by atoms with van der Waals surface area (Å²) >= 11 is 2.97. The van der Waals surface area contributed by atoms with Gasteiger partial charge in [0.1, 0.15) is 0 Å². The minimum Gasteiger partial charge on any atom is -0.339 e. The van der Waals surface area contributed by atoms with E-state index >= 15 is 0 Å². The Labute approximate surface area is 189 Å². The molecule has 0 radical (unpaired) electrons. The van der Waals surface area contributed by atoms with Gasteiger partial charge in [0.15, 0.2) is 10.1 Å². The van der Waals surface area contributed by atoms with Gasteiger partial charge in [0.2, 0.25) is 15.9 Å². The van der Waals surface area contributed by atoms with E-state index in [1.165, 1.54) is 47.3 Å². The summed E-state index contributed by atoms with van der Waals surface area (Å²) in [6.07, 6.45) is 0. The number of amides is 1. The Bertz CT molecular complexity index is 1180. The van der Waals surface area contributed by atoms with Gasteiger partial charge in [-0.05, 0) is 31.2 Å². The van der Waals surface area contributed by atoms with E-state index in [9.17, 15) is 18.0 Å². The molecule has 4 rings (SSSR count). The van der Waals surface area contributed by atoms with E-state index in [1.807, 2.05) is 24.3 Å². The first-order valence-corrected chi connectivity index (χ1v) is 13.0. The molecule has 0 atom stereocenters. The number of carbonyl (C=O) groups is 2. The molecule has 0 unspecified atom stereocenters. The lowest BCUT2D eigenvalue weighted by atomic mass is 10.2. The minimum atomic E-state index is -3.65. The van der Waals surface area contributed by atoms with E-state index in [-0.39, 0.29) is 35.4 Å². The number of fused-ring (bicyclic) bond motifs is 1. The van der Waals surface area contributed by atoms with Gasteiger partial charge in [-0.15, -0.1) is 11.3 Å². The summed E-state index contributed by atoms with van der Waals surface area (Å²) in [5, 5.41) is 0. The van der Waals surface area contributed by atoms with Gasteiger partial charge in [0, 0.05) is 31.7 Å². The second-order valence-corrected chi connectivity index (χ2v) is 11.3. The molecule has 0 aliphatic carbocycles. The highest BCUT2D eigenvalue weighted by Gasteiger charge is 2.30. The van der Waals surface area contributed by atoms with Gasteiger partial charge < -0.3 is 4.90 Å². The monoisotopic (exact) mass is 475 g/mol. The molecular formula is C21H21N3O4S3. The van der Waals surface area contributed by atoms with Crippen LogP contribution in [-0.4, -0.2) is 66.2 Å². The Morgan fingerprint density at radius 2 is 1.71 bits per heavy atom. The number of rotatable bonds is 6. The van der Waals surface area contributed by atoms with Crippen molar-refractivity contribution < 1.29 is 18.0 Å². The van der Waals surface area contributed by atoms with E-state index in [0.29, 0.717) is 18.7 Å². The number of benzene rings is 2. The molecule has 1 saturated heterocycles. The van der Waals surface area contributed by atoms with Gasteiger partial charge in [0.05, 0.1) is 20.9 Å². The molecule has 1 aromatic heterocycles. The lowest BCUT2D eigenvalue weighted by molar-refractivity contribution is -0.129. The first-order valence-electron chi connectivity index (χ1n) is 9.72. The zero-order chi connectivity index (χ0) is 22.0. The van der Waals surface area contributed by atoms with Crippen molar-refractivity contribution in [1.29, 1.82) is 0 Å². The molecule has 2 aromatic carbocycles. The fraction of sp³-hybridized carbons (Fsp3) is 0.286. The second kappa shape index (κ2) is 9.07. The average molecular weight is 476 g/mol. The van der Waals surface area contributed by atoms with Crippen molar-refractivity contribution in [2.24, 2.45) is 0 Å². The van der Waals surface area contributed by atoms with Gasteiger partial charge in [0.25, 0.3) is 0 Å². The summed E-state index contributed by atoms with van der Waals surface area (Å²) < 4.78 is 29.1. The standard InChI is InChI=1S/C21H21N3O4S3/c1-15(25)16-6-8-17(9-7-16)31(27,28)24-12-10-23(11-13-24)20(26)14-29-21-22-18-4-2-3-5-19(18)30-21/h2-9H,10-14H2,1H3. The molecule has 0 spiro atoms. The largest absolute Gasteiger partial charge is 0.339 e. The highest BCUT2D eigenvalue weighted by atomic mass is 32.2. The number of ketones is 1. The zero-order valence-electron chi connectivity index (χ0n) is 16.9. The molecule has 1 amide bonds. The Balaban J connectivity index is 1.33. The number of hydrogen-bond acceptors (Lipinski definition) is 7. The molecule has 0 saturated carbocycles. The van der Waals surface area contributed by atoms with Crippen molar-refractivity contribution in [3.63, 3.8) is 0 Å². The summed E-state index contributed by atoms with van der Waals surface area (Å²) in [5.41, 5.74) is 1.40. The lowest BCUT2D eigenvalue weighted by Crippen LogP contribution is -2.50. The minimum absolute atomic E-state index is 0.0212. The maximum absolute atomic E-state index is 12.9. The van der Waals surface area contributed by atoms with Crippen LogP contribution >= 0.6 is 23.1 Å². The zero-order valence-corrected chi connectivity index (χ0v) is 19.3. The third kappa shape index (κ3) is 4.82. The fourth-order valence-corrected chi connectivity index (χ4v) is 6.71. The highest BCUT2D eigenvalue weighted by molar-refractivity contribution is 8.01. The van der Waals surface area contributed by atoms with Crippen LogP contribution in [0.15, 0.2) is 57.8 Å². The number of carbonyl (C=O) groups excluding carboxylic acids is 2. The Morgan fingerprint density at radius 1 is 1.03 bits per heavy atom. The number of Topliss-reactive ketones (excluding diaryl/α,β-unsaturated/α-hetero) is 1. The molecule has 31 heavy (non-hydrogen) atoms. The molecule has 7 nitrogen and oxygen atoms in total. The molecule has 0 bridgehead atoms. The number of hydrogen-bond donors (Lipinski definition) is 0. The molecule has 1 aliphatic heterocycles. The van der Waals surface area contributed by atoms with Crippen molar-refractivity contribution in [3.05, 3.63) is 54.1 Å². The van der Waals surface area contributed by atoms with E-state index < -0.39 is 10.0 Å². The Hall–Kier alpha value is -2.27. The van der Waals surface area contributed by atoms with Crippen LogP contribution in [0.2, 0.25) is 0 Å². The van der Waals surface area contributed by atoms with E-state index in [1.54, 1.807) is 16.2 Å². The van der Waals surface area contributed by atoms with Crippen LogP contribution in [0.4, 0.5) is 0 Å². The molecule has 1 aliphatic rings. The summed E-state index contributed by atoms with van der Waals surface area (Å²) in [6.45, 7) is 2.63. The number of piperazine rings is 1. The predicted molar refractivity (Wildman–Crippen MR) is 122 cm³/mol. The van der Waals surface area contributed by atoms with Crippen LogP contribution in [-0.2, 0) is 14.8 Å². The van der Waals surface area contributed by atoms with Crippen LogP contribution in [0.3, 0.4) is 0 Å². The molecule has 3 aromatic rings. The van der Waals surface area contributed by atoms with Crippen LogP contribution in [0.1, 0.15) is 17.3 Å². The smallest absolute Gasteiger partial charge is 0.243 e. The van der Waals surface area contributed by atoms with Crippen molar-refractivity contribution in [2.45, 2.75) is 16.2 Å². The first-order chi connectivity index (χ1) is 14.8. The van der Waals surface area contributed by atoms with Gasteiger partial charge in [-0.3, -0.25) is 9.59 Å². The van der Waals surface area contributed by atoms with Crippen LogP contribution < -0.4 is 0 Å². The van der Waals surface area contributed by atoms with Gasteiger partial charge in [-0.2, -0.15) is 4.31 Å². The van der Waals surface area contributed by atoms with Gasteiger partial charge in [-0.1, -0.05) is 36.0 Å². The predicted octanol–water partition coefficient (Wildman–Crippen LogP) is 3.12. The van der Waals surface area contributed by atoms with Crippen molar-refractivity contribution in [1.82, 2.24) is 14.2 Å². The summed E-state index contributed by atoms with van der Waals surface area (Å²) in [4.78, 5) is 30.4. The Kier molecular flexibility index (Phi) is 6.42. The SMILES string of the molecule is CC(=O)c1ccc(S(=O)(=O)N2CCN(C(=O)CSc3nc4ccccc4s3)CC2)cc1. The summed E-state index contributed by atoms with van der Waals surface area (Å²) in [6, 6.07) is 13.8. The number of thiazole rings is 1. The Morgan fingerprint density at radius 3 is 2.35 bits per heavy atom. The number of para-hydroxylation sites is 1. The van der Waals surface area contributed by atoms with E-state index in [0.717, 1.165) is 14.6 Å².